The summed E-state index contributed by atoms with van der Waals surface area (Å²) in [6.07, 6.45) is 2.19. The Balaban J connectivity index is 1.56. The van der Waals surface area contributed by atoms with Crippen LogP contribution in [0.15, 0.2) is 6.07 Å². The number of rotatable bonds is 3. The van der Waals surface area contributed by atoms with Crippen molar-refractivity contribution in [2.24, 2.45) is 0 Å². The van der Waals surface area contributed by atoms with Gasteiger partial charge in [-0.15, -0.1) is 0 Å². The Hall–Kier alpha value is -1.89. The third-order valence-corrected chi connectivity index (χ3v) is 4.40. The molecule has 1 atom stereocenters. The molecule has 7 heteroatoms. The fourth-order valence-corrected chi connectivity index (χ4v) is 3.23. The van der Waals surface area contributed by atoms with Crippen LogP contribution in [0.4, 0.5) is 0 Å². The van der Waals surface area contributed by atoms with Crippen molar-refractivity contribution in [1.82, 2.24) is 25.3 Å². The van der Waals surface area contributed by atoms with E-state index in [0.29, 0.717) is 25.6 Å². The number of carbonyl (C=O) groups excluding carboxylic acids is 2. The Bertz CT molecular complexity index is 556. The quantitative estimate of drug-likeness (QED) is 0.814. The van der Waals surface area contributed by atoms with Crippen LogP contribution in [-0.4, -0.2) is 71.1 Å². The minimum absolute atomic E-state index is 0.0497. The molecule has 2 saturated heterocycles. The number of likely N-dealkylation sites (tertiary alicyclic amines) is 1. The average molecular weight is 305 g/mol. The van der Waals surface area contributed by atoms with Crippen molar-refractivity contribution in [3.63, 3.8) is 0 Å². The fraction of sp³-hybridized carbons (Fsp3) is 0.667. The van der Waals surface area contributed by atoms with Gasteiger partial charge in [0.1, 0.15) is 0 Å². The van der Waals surface area contributed by atoms with Crippen LogP contribution in [0.1, 0.15) is 30.1 Å². The van der Waals surface area contributed by atoms with Gasteiger partial charge in [-0.2, -0.15) is 5.10 Å². The molecule has 2 fully saturated rings. The largest absolute Gasteiger partial charge is 0.353 e. The molecule has 0 aliphatic carbocycles. The summed E-state index contributed by atoms with van der Waals surface area (Å²) in [4.78, 5) is 27.6. The monoisotopic (exact) mass is 305 g/mol. The lowest BCUT2D eigenvalue weighted by Crippen LogP contribution is -2.53. The molecule has 1 aromatic rings. The van der Waals surface area contributed by atoms with Gasteiger partial charge in [-0.1, -0.05) is 0 Å². The normalized spacial score (nSPS) is 23.4. The van der Waals surface area contributed by atoms with Crippen molar-refractivity contribution in [2.45, 2.75) is 25.7 Å². The molecule has 7 nitrogen and oxygen atoms in total. The highest BCUT2D eigenvalue weighted by molar-refractivity contribution is 5.86. The first-order valence-electron chi connectivity index (χ1n) is 7.90. The number of piperidine rings is 1. The average Bonchev–Trinajstić information content (AvgIpc) is 2.94. The van der Waals surface area contributed by atoms with Crippen LogP contribution in [-0.2, 0) is 9.59 Å². The third kappa shape index (κ3) is 3.47. The molecule has 2 aliphatic rings. The van der Waals surface area contributed by atoms with E-state index in [-0.39, 0.29) is 18.4 Å². The first-order chi connectivity index (χ1) is 10.6. The van der Waals surface area contributed by atoms with Crippen molar-refractivity contribution >= 4 is 11.8 Å². The summed E-state index contributed by atoms with van der Waals surface area (Å²) in [5.74, 6) is 0.369. The lowest BCUT2D eigenvalue weighted by molar-refractivity contribution is -0.139. The molecule has 22 heavy (non-hydrogen) atoms. The van der Waals surface area contributed by atoms with E-state index in [2.05, 4.69) is 26.5 Å². The van der Waals surface area contributed by atoms with Gasteiger partial charge in [0.05, 0.1) is 18.8 Å². The summed E-state index contributed by atoms with van der Waals surface area (Å²) >= 11 is 0. The first-order valence-corrected chi connectivity index (χ1v) is 7.90. The van der Waals surface area contributed by atoms with Crippen LogP contribution < -0.4 is 5.32 Å². The van der Waals surface area contributed by atoms with Crippen molar-refractivity contribution in [3.05, 3.63) is 17.5 Å². The van der Waals surface area contributed by atoms with E-state index in [9.17, 15) is 9.59 Å². The lowest BCUT2D eigenvalue weighted by Gasteiger charge is -2.34. The van der Waals surface area contributed by atoms with E-state index >= 15 is 0 Å². The molecule has 3 rings (SSSR count). The van der Waals surface area contributed by atoms with Crippen molar-refractivity contribution in [2.75, 3.05) is 39.3 Å². The smallest absolute Gasteiger partial charge is 0.239 e. The molecule has 2 amide bonds. The number of nitrogens with zero attached hydrogens (tertiary/aromatic N) is 3. The summed E-state index contributed by atoms with van der Waals surface area (Å²) in [6.45, 7) is 5.55. The SMILES string of the molecule is Cc1cc(C2CCCN(CC(=O)N3CCNC(=O)C3)C2)n[nH]1. The maximum atomic E-state index is 12.3. The minimum atomic E-state index is -0.0666. The summed E-state index contributed by atoms with van der Waals surface area (Å²) in [7, 11) is 0. The zero-order valence-electron chi connectivity index (χ0n) is 13.0. The van der Waals surface area contributed by atoms with Gasteiger partial charge in [-0.3, -0.25) is 19.6 Å². The molecule has 1 aromatic heterocycles. The molecule has 2 aliphatic heterocycles. The van der Waals surface area contributed by atoms with Crippen LogP contribution in [0.3, 0.4) is 0 Å². The fourth-order valence-electron chi connectivity index (χ4n) is 3.23. The van der Waals surface area contributed by atoms with Crippen LogP contribution in [0, 0.1) is 6.92 Å². The third-order valence-electron chi connectivity index (χ3n) is 4.40. The van der Waals surface area contributed by atoms with E-state index in [1.165, 1.54) is 0 Å². The van der Waals surface area contributed by atoms with Gasteiger partial charge in [0, 0.05) is 31.2 Å². The Morgan fingerprint density at radius 1 is 1.45 bits per heavy atom. The molecule has 2 N–H and O–H groups in total. The highest BCUT2D eigenvalue weighted by Crippen LogP contribution is 2.25. The molecule has 1 unspecified atom stereocenters. The van der Waals surface area contributed by atoms with Gasteiger partial charge in [-0.25, -0.2) is 0 Å². The Morgan fingerprint density at radius 3 is 3.05 bits per heavy atom. The molecular formula is C15H23N5O2. The molecule has 0 bridgehead atoms. The van der Waals surface area contributed by atoms with Crippen molar-refractivity contribution < 1.29 is 9.59 Å². The first kappa shape index (κ1) is 15.0. The number of nitrogens with one attached hydrogen (secondary N) is 2. The minimum Gasteiger partial charge on any atom is -0.353 e. The van der Waals surface area contributed by atoms with Crippen LogP contribution in [0.2, 0.25) is 0 Å². The molecule has 0 saturated carbocycles. The van der Waals surface area contributed by atoms with Crippen molar-refractivity contribution in [3.8, 4) is 0 Å². The highest BCUT2D eigenvalue weighted by atomic mass is 16.2. The number of amides is 2. The lowest BCUT2D eigenvalue weighted by atomic mass is 9.94. The van der Waals surface area contributed by atoms with E-state index < -0.39 is 0 Å². The van der Waals surface area contributed by atoms with E-state index in [1.54, 1.807) is 4.90 Å². The van der Waals surface area contributed by atoms with E-state index in [1.807, 2.05) is 6.92 Å². The Kier molecular flexibility index (Phi) is 4.42. The van der Waals surface area contributed by atoms with Crippen LogP contribution in [0.5, 0.6) is 0 Å². The maximum absolute atomic E-state index is 12.3. The van der Waals surface area contributed by atoms with Crippen molar-refractivity contribution in [1.29, 1.82) is 0 Å². The summed E-state index contributed by atoms with van der Waals surface area (Å²) in [5, 5.41) is 10.1. The number of aryl methyl sites for hydroxylation is 1. The predicted octanol–water partition coefficient (Wildman–Crippen LogP) is -0.144. The van der Waals surface area contributed by atoms with Crippen LogP contribution in [0.25, 0.3) is 0 Å². The number of aromatic nitrogens is 2. The topological polar surface area (TPSA) is 81.3 Å². The molecule has 0 spiro atoms. The molecule has 3 heterocycles. The van der Waals surface area contributed by atoms with Crippen LogP contribution >= 0.6 is 0 Å². The second kappa shape index (κ2) is 6.48. The van der Waals surface area contributed by atoms with Gasteiger partial charge < -0.3 is 10.2 Å². The number of piperazine rings is 1. The van der Waals surface area contributed by atoms with E-state index in [0.717, 1.165) is 37.3 Å². The summed E-state index contributed by atoms with van der Waals surface area (Å²) < 4.78 is 0. The zero-order valence-corrected chi connectivity index (χ0v) is 13.0. The number of hydrogen-bond acceptors (Lipinski definition) is 4. The number of carbonyl (C=O) groups is 2. The highest BCUT2D eigenvalue weighted by Gasteiger charge is 2.27. The number of hydrogen-bond donors (Lipinski definition) is 2. The van der Waals surface area contributed by atoms with Gasteiger partial charge in [0.15, 0.2) is 0 Å². The maximum Gasteiger partial charge on any atom is 0.239 e. The molecule has 120 valence electrons. The standard InChI is InChI=1S/C15H23N5O2/c1-11-7-13(18-17-11)12-3-2-5-19(8-12)10-15(22)20-6-4-16-14(21)9-20/h7,12H,2-6,8-10H2,1H3,(H,16,21)(H,17,18). The second-order valence-electron chi connectivity index (χ2n) is 6.22. The Labute approximate surface area is 130 Å². The van der Waals surface area contributed by atoms with Gasteiger partial charge in [0.2, 0.25) is 11.8 Å². The second-order valence-corrected chi connectivity index (χ2v) is 6.22. The number of aromatic amines is 1. The summed E-state index contributed by atoms with van der Waals surface area (Å²) in [6, 6.07) is 2.09. The zero-order chi connectivity index (χ0) is 15.5. The molecule has 0 aromatic carbocycles. The van der Waals surface area contributed by atoms with Gasteiger partial charge >= 0.3 is 0 Å². The van der Waals surface area contributed by atoms with Gasteiger partial charge in [0.25, 0.3) is 0 Å². The van der Waals surface area contributed by atoms with Gasteiger partial charge in [-0.05, 0) is 32.4 Å². The summed E-state index contributed by atoms with van der Waals surface area (Å²) in [5.41, 5.74) is 2.16. The molecular weight excluding hydrogens is 282 g/mol. The Morgan fingerprint density at radius 2 is 2.32 bits per heavy atom. The predicted molar refractivity (Wildman–Crippen MR) is 81.3 cm³/mol. The van der Waals surface area contributed by atoms with E-state index in [4.69, 9.17) is 0 Å². The number of H-pyrrole nitrogens is 1. The molecule has 0 radical (unpaired) electrons.